The molecule has 6 N–H and O–H groups in total. The first-order chi connectivity index (χ1) is 30.4. The Bertz CT molecular complexity index is 1240. The SMILES string of the molecule is CCCCC/C=C/C/C=C/CCCCCCCCCC(=O)OC[C@@H](COP(=O)(O)OC1C(O)C(O)C(O)[C@H](O)C1O)OC(=O)CCCCCCCCC/C=C/CCCCCCCC. The van der Waals surface area contributed by atoms with Gasteiger partial charge >= 0.3 is 19.8 Å². The number of phosphoric ester groups is 1. The normalized spacial score (nSPS) is 22.0. The minimum Gasteiger partial charge on any atom is -0.462 e. The molecule has 0 aromatic carbocycles. The lowest BCUT2D eigenvalue weighted by atomic mass is 9.85. The first-order valence-corrected chi connectivity index (χ1v) is 26.3. The van der Waals surface area contributed by atoms with Crippen molar-refractivity contribution in [2.45, 2.75) is 249 Å². The summed E-state index contributed by atoms with van der Waals surface area (Å²) in [6, 6.07) is 0. The summed E-state index contributed by atoms with van der Waals surface area (Å²) in [5.41, 5.74) is 0. The van der Waals surface area contributed by atoms with Gasteiger partial charge < -0.3 is 39.9 Å². The van der Waals surface area contributed by atoms with Crippen LogP contribution in [-0.4, -0.2) is 98.3 Å². The topological polar surface area (TPSA) is 210 Å². The van der Waals surface area contributed by atoms with E-state index in [2.05, 4.69) is 50.3 Å². The number of unbranched alkanes of at least 4 members (excludes halogenated alkanes) is 23. The standard InChI is InChI=1S/C49H89O13P/c1-3-5-7-9-11-13-15-17-19-21-23-25-27-29-31-33-35-37-42(50)59-39-41(40-60-63(57,58)62-49-47(55)45(53)44(52)46(54)48(49)56)61-43(51)38-36-34-32-30-28-26-24-22-20-18-16-14-12-10-8-6-4-2/h11,13,17-20,41,44-49,52-56H,3-10,12,14-16,21-40H2,1-2H3,(H,57,58)/b13-11+,19-17+,20-18+/t41-,44?,45-,46?,47?,48?,49?/m0/s1. The van der Waals surface area contributed by atoms with E-state index < -0.39 is 75.7 Å². The first-order valence-electron chi connectivity index (χ1n) is 24.8. The zero-order valence-corrected chi connectivity index (χ0v) is 40.0. The molecule has 0 aliphatic heterocycles. The Morgan fingerprint density at radius 1 is 0.492 bits per heavy atom. The number of phosphoric acid groups is 1. The zero-order valence-electron chi connectivity index (χ0n) is 39.1. The van der Waals surface area contributed by atoms with Gasteiger partial charge in [0.25, 0.3) is 0 Å². The lowest BCUT2D eigenvalue weighted by Gasteiger charge is -2.41. The number of carbonyl (C=O) groups is 2. The number of esters is 2. The number of rotatable bonds is 41. The first kappa shape index (κ1) is 59.1. The van der Waals surface area contributed by atoms with Crippen molar-refractivity contribution in [2.24, 2.45) is 0 Å². The van der Waals surface area contributed by atoms with E-state index in [-0.39, 0.29) is 12.8 Å². The van der Waals surface area contributed by atoms with Crippen LogP contribution < -0.4 is 0 Å². The Morgan fingerprint density at radius 2 is 0.857 bits per heavy atom. The monoisotopic (exact) mass is 917 g/mol. The van der Waals surface area contributed by atoms with E-state index in [9.17, 15) is 44.6 Å². The van der Waals surface area contributed by atoms with Crippen molar-refractivity contribution in [2.75, 3.05) is 13.2 Å². The third-order valence-corrected chi connectivity index (χ3v) is 12.4. The van der Waals surface area contributed by atoms with E-state index in [0.29, 0.717) is 12.8 Å². The molecule has 1 aliphatic carbocycles. The fraction of sp³-hybridized carbons (Fsp3) is 0.837. The molecule has 14 heteroatoms. The van der Waals surface area contributed by atoms with Crippen molar-refractivity contribution in [1.29, 1.82) is 0 Å². The second kappa shape index (κ2) is 39.3. The lowest BCUT2D eigenvalue weighted by molar-refractivity contribution is -0.220. The van der Waals surface area contributed by atoms with Gasteiger partial charge in [-0.25, -0.2) is 4.57 Å². The summed E-state index contributed by atoms with van der Waals surface area (Å²) in [7, 11) is -5.12. The molecule has 0 bridgehead atoms. The maximum Gasteiger partial charge on any atom is 0.472 e. The van der Waals surface area contributed by atoms with Gasteiger partial charge in [-0.05, 0) is 70.6 Å². The fourth-order valence-corrected chi connectivity index (χ4v) is 8.40. The number of aliphatic hydroxyl groups is 5. The highest BCUT2D eigenvalue weighted by Crippen LogP contribution is 2.47. The third kappa shape index (κ3) is 31.6. The molecule has 0 saturated heterocycles. The molecule has 0 heterocycles. The number of carbonyl (C=O) groups excluding carboxylic acids is 2. The number of hydrogen-bond donors (Lipinski definition) is 6. The van der Waals surface area contributed by atoms with E-state index in [4.69, 9.17) is 18.5 Å². The number of ether oxygens (including phenoxy) is 2. The van der Waals surface area contributed by atoms with Crippen LogP contribution in [0.4, 0.5) is 0 Å². The maximum atomic E-state index is 12.8. The molecule has 13 nitrogen and oxygen atoms in total. The molecule has 1 rings (SSSR count). The van der Waals surface area contributed by atoms with Crippen LogP contribution >= 0.6 is 7.82 Å². The Morgan fingerprint density at radius 3 is 1.33 bits per heavy atom. The van der Waals surface area contributed by atoms with Crippen LogP contribution in [0.5, 0.6) is 0 Å². The van der Waals surface area contributed by atoms with Crippen molar-refractivity contribution in [1.82, 2.24) is 0 Å². The number of aliphatic hydroxyl groups excluding tert-OH is 5. The second-order valence-corrected chi connectivity index (χ2v) is 18.7. The van der Waals surface area contributed by atoms with Gasteiger partial charge in [0.15, 0.2) is 6.10 Å². The average molecular weight is 917 g/mol. The summed E-state index contributed by atoms with van der Waals surface area (Å²) in [5.74, 6) is -1.11. The minimum atomic E-state index is -5.12. The third-order valence-electron chi connectivity index (χ3n) is 11.5. The maximum absolute atomic E-state index is 12.8. The van der Waals surface area contributed by atoms with E-state index in [1.165, 1.54) is 89.9 Å². The molecular formula is C49H89O13P. The minimum absolute atomic E-state index is 0.0905. The molecular weight excluding hydrogens is 827 g/mol. The molecule has 0 aromatic rings. The van der Waals surface area contributed by atoms with Crippen LogP contribution in [0.15, 0.2) is 36.5 Å². The summed E-state index contributed by atoms with van der Waals surface area (Å²) >= 11 is 0. The molecule has 6 unspecified atom stereocenters. The zero-order chi connectivity index (χ0) is 46.4. The average Bonchev–Trinajstić information content (AvgIpc) is 3.26. The van der Waals surface area contributed by atoms with Crippen molar-refractivity contribution in [3.8, 4) is 0 Å². The molecule has 0 aromatic heterocycles. The molecule has 0 spiro atoms. The van der Waals surface area contributed by atoms with Gasteiger partial charge in [0, 0.05) is 12.8 Å². The number of hydrogen-bond acceptors (Lipinski definition) is 12. The molecule has 0 amide bonds. The molecule has 1 aliphatic rings. The van der Waals surface area contributed by atoms with Crippen LogP contribution in [0.25, 0.3) is 0 Å². The Hall–Kier alpha value is -1.93. The van der Waals surface area contributed by atoms with Gasteiger partial charge in [0.2, 0.25) is 0 Å². The van der Waals surface area contributed by atoms with E-state index in [0.717, 1.165) is 77.0 Å². The van der Waals surface area contributed by atoms with Crippen LogP contribution in [0.1, 0.15) is 206 Å². The molecule has 1 fully saturated rings. The summed E-state index contributed by atoms with van der Waals surface area (Å²) < 4.78 is 33.6. The molecule has 368 valence electrons. The smallest absolute Gasteiger partial charge is 0.462 e. The van der Waals surface area contributed by atoms with Gasteiger partial charge in [0.1, 0.15) is 43.2 Å². The van der Waals surface area contributed by atoms with Gasteiger partial charge in [-0.2, -0.15) is 0 Å². The summed E-state index contributed by atoms with van der Waals surface area (Å²) in [5, 5.41) is 50.2. The van der Waals surface area contributed by atoms with E-state index in [1.807, 2.05) is 0 Å². The highest BCUT2D eigenvalue weighted by Gasteiger charge is 2.51. The molecule has 63 heavy (non-hydrogen) atoms. The highest BCUT2D eigenvalue weighted by atomic mass is 31.2. The van der Waals surface area contributed by atoms with Crippen LogP contribution in [0.2, 0.25) is 0 Å². The fourth-order valence-electron chi connectivity index (χ4n) is 7.43. The highest BCUT2D eigenvalue weighted by molar-refractivity contribution is 7.47. The van der Waals surface area contributed by atoms with Gasteiger partial charge in [-0.3, -0.25) is 18.6 Å². The summed E-state index contributed by atoms with van der Waals surface area (Å²) in [6.07, 6.45) is 31.8. The molecule has 0 radical (unpaired) electrons. The van der Waals surface area contributed by atoms with Crippen molar-refractivity contribution in [3.05, 3.63) is 36.5 Å². The molecule has 1 saturated carbocycles. The number of allylic oxidation sites excluding steroid dienone is 6. The van der Waals surface area contributed by atoms with Crippen LogP contribution in [-0.2, 0) is 32.7 Å². The largest absolute Gasteiger partial charge is 0.472 e. The Labute approximate surface area is 380 Å². The predicted molar refractivity (Wildman–Crippen MR) is 249 cm³/mol. The Kier molecular flexibility index (Phi) is 36.8. The quantitative estimate of drug-likeness (QED) is 0.0146. The van der Waals surface area contributed by atoms with Gasteiger partial charge in [0.05, 0.1) is 6.61 Å². The van der Waals surface area contributed by atoms with Crippen molar-refractivity contribution >= 4 is 19.8 Å². The summed E-state index contributed by atoms with van der Waals surface area (Å²) in [6.45, 7) is 3.28. The molecule has 8 atom stereocenters. The van der Waals surface area contributed by atoms with Crippen LogP contribution in [0, 0.1) is 0 Å². The Balaban J connectivity index is 2.43. The van der Waals surface area contributed by atoms with Gasteiger partial charge in [-0.15, -0.1) is 0 Å². The predicted octanol–water partition coefficient (Wildman–Crippen LogP) is 10.2. The van der Waals surface area contributed by atoms with E-state index >= 15 is 0 Å². The summed E-state index contributed by atoms with van der Waals surface area (Å²) in [4.78, 5) is 35.8. The second-order valence-electron chi connectivity index (χ2n) is 17.3. The van der Waals surface area contributed by atoms with Crippen molar-refractivity contribution < 1.29 is 63.1 Å². The van der Waals surface area contributed by atoms with Gasteiger partial charge in [-0.1, -0.05) is 159 Å². The van der Waals surface area contributed by atoms with Crippen molar-refractivity contribution in [3.63, 3.8) is 0 Å². The lowest BCUT2D eigenvalue weighted by Crippen LogP contribution is -2.64. The van der Waals surface area contributed by atoms with Crippen LogP contribution in [0.3, 0.4) is 0 Å². The van der Waals surface area contributed by atoms with E-state index in [1.54, 1.807) is 0 Å².